The summed E-state index contributed by atoms with van der Waals surface area (Å²) in [6.45, 7) is 0. The summed E-state index contributed by atoms with van der Waals surface area (Å²) < 4.78 is 35.0. The first kappa shape index (κ1) is 26.8. The molecule has 0 atom stereocenters. The van der Waals surface area contributed by atoms with E-state index in [-0.39, 0.29) is 52.1 Å². The number of ether oxygens (including phenoxy) is 6. The van der Waals surface area contributed by atoms with Crippen molar-refractivity contribution in [2.24, 2.45) is 0 Å². The highest BCUT2D eigenvalue weighted by molar-refractivity contribution is 5.54. The summed E-state index contributed by atoms with van der Waals surface area (Å²) in [6.07, 6.45) is 0. The highest BCUT2D eigenvalue weighted by Gasteiger charge is 2.26. The van der Waals surface area contributed by atoms with Crippen molar-refractivity contribution in [2.75, 3.05) is 0 Å². The van der Waals surface area contributed by atoms with Gasteiger partial charge in [-0.1, -0.05) is 0 Å². The Labute approximate surface area is 248 Å². The molecule has 45 heavy (non-hydrogen) atoms. The number of benzene rings is 2. The summed E-state index contributed by atoms with van der Waals surface area (Å²) in [5, 5.41) is 35.5. The molecular formula is C27H12N6O12. The smallest absolute Gasteiger partial charge is 0.331 e. The molecule has 0 N–H and O–H groups in total. The minimum atomic E-state index is -0.738. The molecule has 5 aromatic rings. The summed E-state index contributed by atoms with van der Waals surface area (Å²) in [4.78, 5) is 45.7. The number of nitrogens with zero attached hydrogens (tertiary/aromatic N) is 6. The lowest BCUT2D eigenvalue weighted by Gasteiger charge is -2.16. The third kappa shape index (κ3) is 5.32. The van der Waals surface area contributed by atoms with Gasteiger partial charge in [0.25, 0.3) is 0 Å². The van der Waals surface area contributed by atoms with E-state index in [0.29, 0.717) is 0 Å². The van der Waals surface area contributed by atoms with Crippen molar-refractivity contribution in [3.8, 4) is 69.8 Å². The minimum Gasteiger partial charge on any atom is -0.439 e. The molecule has 0 saturated heterocycles. The second kappa shape index (κ2) is 10.3. The van der Waals surface area contributed by atoms with Gasteiger partial charge in [-0.25, -0.2) is 0 Å². The number of pyridine rings is 3. The highest BCUT2D eigenvalue weighted by Crippen LogP contribution is 2.43. The number of nitro groups is 3. The van der Waals surface area contributed by atoms with Gasteiger partial charge in [0.15, 0.2) is 0 Å². The first-order chi connectivity index (χ1) is 21.7. The molecule has 18 nitrogen and oxygen atoms in total. The zero-order valence-electron chi connectivity index (χ0n) is 22.0. The van der Waals surface area contributed by atoms with Crippen LogP contribution in [0.4, 0.5) is 17.1 Å². The Bertz CT molecular complexity index is 1830. The molecule has 18 heteroatoms. The van der Waals surface area contributed by atoms with Crippen LogP contribution in [0.15, 0.2) is 72.8 Å². The van der Waals surface area contributed by atoms with Crippen molar-refractivity contribution in [1.82, 2.24) is 15.0 Å². The number of rotatable bonds is 3. The summed E-state index contributed by atoms with van der Waals surface area (Å²) in [5.41, 5.74) is -1.64. The number of hydrogen-bond donors (Lipinski definition) is 0. The third-order valence-corrected chi connectivity index (χ3v) is 6.05. The SMILES string of the molecule is O=[N+]([O-])c1ccc2nc1Oc1cc3cc(c1)Oc1nc(ccc1[N+](=O)[O-])Oc1cc(cc(c1)Oc1ccc([N+](=O)[O-])c(n1)O3)O2. The lowest BCUT2D eigenvalue weighted by atomic mass is 10.3. The fraction of sp³-hybridized carbons (Fsp3) is 0. The van der Waals surface area contributed by atoms with E-state index < -0.39 is 49.5 Å². The fourth-order valence-electron chi connectivity index (χ4n) is 4.20. The summed E-state index contributed by atoms with van der Waals surface area (Å²) in [6, 6.07) is 14.8. The molecule has 8 rings (SSSR count). The molecule has 0 amide bonds. The van der Waals surface area contributed by atoms with Crippen LogP contribution in [-0.4, -0.2) is 29.7 Å². The van der Waals surface area contributed by atoms with Crippen LogP contribution in [0.25, 0.3) is 0 Å². The van der Waals surface area contributed by atoms with Gasteiger partial charge in [0.1, 0.15) is 34.5 Å². The van der Waals surface area contributed by atoms with Gasteiger partial charge in [-0.3, -0.25) is 30.3 Å². The molecule has 2 aromatic carbocycles. The van der Waals surface area contributed by atoms with Crippen molar-refractivity contribution < 1.29 is 43.2 Å². The summed E-state index contributed by atoms with van der Waals surface area (Å²) in [5.74, 6) is -2.31. The van der Waals surface area contributed by atoms with Crippen LogP contribution >= 0.6 is 0 Å². The van der Waals surface area contributed by atoms with E-state index in [2.05, 4.69) is 15.0 Å². The molecule has 0 fully saturated rings. The van der Waals surface area contributed by atoms with Crippen LogP contribution in [0.3, 0.4) is 0 Å². The van der Waals surface area contributed by atoms with Crippen molar-refractivity contribution in [3.63, 3.8) is 0 Å². The van der Waals surface area contributed by atoms with E-state index in [9.17, 15) is 30.3 Å². The predicted molar refractivity (Wildman–Crippen MR) is 146 cm³/mol. The van der Waals surface area contributed by atoms with Crippen LogP contribution in [0, 0.1) is 30.3 Å². The maximum absolute atomic E-state index is 11.8. The Morgan fingerprint density at radius 1 is 0.400 bits per heavy atom. The van der Waals surface area contributed by atoms with Crippen LogP contribution in [0.1, 0.15) is 0 Å². The molecule has 0 spiro atoms. The van der Waals surface area contributed by atoms with E-state index in [0.717, 1.165) is 18.2 Å². The lowest BCUT2D eigenvalue weighted by Crippen LogP contribution is -2.02. The second-order valence-electron chi connectivity index (χ2n) is 9.09. The first-order valence-corrected chi connectivity index (χ1v) is 12.5. The average molecular weight is 612 g/mol. The first-order valence-electron chi connectivity index (χ1n) is 12.5. The molecule has 0 radical (unpaired) electrons. The minimum absolute atomic E-state index is 0.0510. The van der Waals surface area contributed by atoms with E-state index in [1.54, 1.807) is 0 Å². The Balaban J connectivity index is 1.53. The molecule has 0 unspecified atom stereocenters. The van der Waals surface area contributed by atoms with Gasteiger partial charge in [-0.2, -0.15) is 15.0 Å². The fourth-order valence-corrected chi connectivity index (χ4v) is 4.20. The zero-order chi connectivity index (χ0) is 31.2. The van der Waals surface area contributed by atoms with Crippen LogP contribution in [-0.2, 0) is 0 Å². The van der Waals surface area contributed by atoms with E-state index in [1.807, 2.05) is 0 Å². The summed E-state index contributed by atoms with van der Waals surface area (Å²) >= 11 is 0. The Kier molecular flexibility index (Phi) is 6.13. The van der Waals surface area contributed by atoms with Crippen LogP contribution in [0.5, 0.6) is 69.8 Å². The van der Waals surface area contributed by atoms with Crippen molar-refractivity contribution in [2.45, 2.75) is 0 Å². The Morgan fingerprint density at radius 3 is 0.889 bits per heavy atom. The monoisotopic (exact) mass is 612 g/mol. The average Bonchev–Trinajstić information content (AvgIpc) is 2.96. The molecule has 3 aromatic heterocycles. The van der Waals surface area contributed by atoms with E-state index in [1.165, 1.54) is 54.6 Å². The normalized spacial score (nSPS) is 12.3. The van der Waals surface area contributed by atoms with Crippen molar-refractivity contribution in [1.29, 1.82) is 0 Å². The Morgan fingerprint density at radius 2 is 0.644 bits per heavy atom. The van der Waals surface area contributed by atoms with Gasteiger partial charge in [0, 0.05) is 72.8 Å². The third-order valence-electron chi connectivity index (χ3n) is 6.05. The molecule has 6 heterocycles. The topological polar surface area (TPSA) is 223 Å². The largest absolute Gasteiger partial charge is 0.439 e. The molecule has 222 valence electrons. The second-order valence-corrected chi connectivity index (χ2v) is 9.09. The molecule has 12 bridgehead atoms. The zero-order valence-corrected chi connectivity index (χ0v) is 22.0. The quantitative estimate of drug-likeness (QED) is 0.145. The molecule has 0 aliphatic carbocycles. The van der Waals surface area contributed by atoms with Gasteiger partial charge in [-0.15, -0.1) is 0 Å². The molecular weight excluding hydrogens is 600 g/mol. The maximum atomic E-state index is 11.8. The molecule has 3 aliphatic heterocycles. The lowest BCUT2D eigenvalue weighted by molar-refractivity contribution is -0.386. The standard InChI is InChI=1S/C27H12N6O12/c34-31(35)19-1-4-22-28-25(19)43-16-10-17-12-18(11-16)45-27-21(33(38)39)3-6-24(30-27)42-15-8-13(40-22)7-14(9-15)41-23-5-2-20(32(36)37)26(29-23)44-17/h1-12H. The van der Waals surface area contributed by atoms with Gasteiger partial charge in [0.2, 0.25) is 17.6 Å². The van der Waals surface area contributed by atoms with Crippen LogP contribution < -0.4 is 28.4 Å². The highest BCUT2D eigenvalue weighted by atomic mass is 16.6. The molecule has 3 aliphatic rings. The summed E-state index contributed by atoms with van der Waals surface area (Å²) in [7, 11) is 0. The van der Waals surface area contributed by atoms with E-state index in [4.69, 9.17) is 28.4 Å². The van der Waals surface area contributed by atoms with Crippen LogP contribution in [0.2, 0.25) is 0 Å². The van der Waals surface area contributed by atoms with E-state index >= 15 is 0 Å². The van der Waals surface area contributed by atoms with Gasteiger partial charge >= 0.3 is 34.7 Å². The van der Waals surface area contributed by atoms with Crippen molar-refractivity contribution in [3.05, 3.63) is 103 Å². The maximum Gasteiger partial charge on any atom is 0.331 e. The molecule has 0 saturated carbocycles. The number of hydrogen-bond acceptors (Lipinski definition) is 15. The Hall–Kier alpha value is -7.11. The van der Waals surface area contributed by atoms with Crippen molar-refractivity contribution >= 4 is 17.1 Å². The number of aromatic nitrogens is 3. The van der Waals surface area contributed by atoms with Gasteiger partial charge in [-0.05, 0) is 0 Å². The predicted octanol–water partition coefficient (Wildman–Crippen LogP) is 6.98. The van der Waals surface area contributed by atoms with Gasteiger partial charge in [0.05, 0.1) is 14.8 Å². The van der Waals surface area contributed by atoms with Gasteiger partial charge < -0.3 is 28.4 Å².